The zero-order chi connectivity index (χ0) is 15.9. The number of amides is 1. The van der Waals surface area contributed by atoms with E-state index < -0.39 is 0 Å². The van der Waals surface area contributed by atoms with Gasteiger partial charge < -0.3 is 5.32 Å². The number of nitrogens with one attached hydrogen (secondary N) is 1. The first kappa shape index (κ1) is 15.5. The van der Waals surface area contributed by atoms with Gasteiger partial charge in [0.2, 0.25) is 11.1 Å². The number of carbonyl (C=O) groups excluding carboxylic acids is 1. The second-order valence-electron chi connectivity index (χ2n) is 4.99. The number of nitrogens with zero attached hydrogens (tertiary/aromatic N) is 4. The lowest BCUT2D eigenvalue weighted by atomic mass is 10.1. The van der Waals surface area contributed by atoms with Gasteiger partial charge in [-0.15, -0.1) is 5.10 Å². The predicted molar refractivity (Wildman–Crippen MR) is 89.3 cm³/mol. The molecule has 3 aromatic rings. The van der Waals surface area contributed by atoms with Crippen LogP contribution in [0, 0.1) is 0 Å². The fraction of sp³-hybridized carbons (Fsp3) is 0.250. The number of hydrogen-bond donors (Lipinski definition) is 1. The van der Waals surface area contributed by atoms with E-state index in [0.29, 0.717) is 23.2 Å². The van der Waals surface area contributed by atoms with Crippen molar-refractivity contribution < 1.29 is 4.79 Å². The Morgan fingerprint density at radius 2 is 2.09 bits per heavy atom. The SMILES string of the molecule is O=C(CSc1nc2ncccn2n1)NCCCc1ccccc1. The summed E-state index contributed by atoms with van der Waals surface area (Å²) in [4.78, 5) is 20.2. The van der Waals surface area contributed by atoms with Crippen molar-refractivity contribution in [2.75, 3.05) is 12.3 Å². The van der Waals surface area contributed by atoms with Crippen LogP contribution in [-0.4, -0.2) is 37.8 Å². The van der Waals surface area contributed by atoms with Gasteiger partial charge in [-0.05, 0) is 24.5 Å². The predicted octanol–water partition coefficient (Wildman–Crippen LogP) is 1.97. The summed E-state index contributed by atoms with van der Waals surface area (Å²) in [5.41, 5.74) is 1.29. The number of thioether (sulfide) groups is 1. The Morgan fingerprint density at radius 1 is 1.22 bits per heavy atom. The molecule has 0 aliphatic carbocycles. The van der Waals surface area contributed by atoms with E-state index in [1.165, 1.54) is 17.3 Å². The summed E-state index contributed by atoms with van der Waals surface area (Å²) in [6.45, 7) is 0.675. The Hall–Kier alpha value is -2.41. The van der Waals surface area contributed by atoms with Crippen LogP contribution < -0.4 is 5.32 Å². The van der Waals surface area contributed by atoms with Gasteiger partial charge in [-0.3, -0.25) is 4.79 Å². The second kappa shape index (κ2) is 7.73. The molecule has 0 fully saturated rings. The summed E-state index contributed by atoms with van der Waals surface area (Å²) in [7, 11) is 0. The molecule has 7 heteroatoms. The van der Waals surface area contributed by atoms with Crippen molar-refractivity contribution in [1.29, 1.82) is 0 Å². The minimum Gasteiger partial charge on any atom is -0.355 e. The van der Waals surface area contributed by atoms with Crippen LogP contribution in [0.2, 0.25) is 0 Å². The smallest absolute Gasteiger partial charge is 0.253 e. The minimum atomic E-state index is -0.00474. The number of fused-ring (bicyclic) bond motifs is 1. The maximum atomic E-state index is 11.8. The molecule has 0 aliphatic rings. The number of rotatable bonds is 7. The van der Waals surface area contributed by atoms with Gasteiger partial charge >= 0.3 is 0 Å². The molecular weight excluding hydrogens is 310 g/mol. The Labute approximate surface area is 138 Å². The molecule has 1 amide bonds. The van der Waals surface area contributed by atoms with Crippen LogP contribution >= 0.6 is 11.8 Å². The zero-order valence-corrected chi connectivity index (χ0v) is 13.4. The Kier molecular flexibility index (Phi) is 5.21. The van der Waals surface area contributed by atoms with Crippen LogP contribution in [0.25, 0.3) is 5.78 Å². The summed E-state index contributed by atoms with van der Waals surface area (Å²) < 4.78 is 1.60. The molecule has 0 bridgehead atoms. The van der Waals surface area contributed by atoms with E-state index in [2.05, 4.69) is 32.5 Å². The van der Waals surface area contributed by atoms with E-state index in [9.17, 15) is 4.79 Å². The topological polar surface area (TPSA) is 72.2 Å². The van der Waals surface area contributed by atoms with Gasteiger partial charge in [-0.2, -0.15) is 4.98 Å². The molecular formula is C16H17N5OS. The van der Waals surface area contributed by atoms with Crippen molar-refractivity contribution in [3.8, 4) is 0 Å². The molecule has 2 aromatic heterocycles. The molecule has 0 unspecified atom stereocenters. The first-order valence-electron chi connectivity index (χ1n) is 7.42. The molecule has 0 aliphatic heterocycles. The van der Waals surface area contributed by atoms with Gasteiger partial charge in [-0.1, -0.05) is 42.1 Å². The van der Waals surface area contributed by atoms with Crippen LogP contribution in [0.1, 0.15) is 12.0 Å². The Morgan fingerprint density at radius 3 is 2.91 bits per heavy atom. The number of aryl methyl sites for hydroxylation is 1. The van der Waals surface area contributed by atoms with Gasteiger partial charge in [0.25, 0.3) is 5.78 Å². The quantitative estimate of drug-likeness (QED) is 0.530. The van der Waals surface area contributed by atoms with Crippen molar-refractivity contribution in [3.63, 3.8) is 0 Å². The molecule has 3 rings (SSSR count). The largest absolute Gasteiger partial charge is 0.355 e. The number of carbonyl (C=O) groups is 1. The van der Waals surface area contributed by atoms with E-state index in [1.54, 1.807) is 23.0 Å². The monoisotopic (exact) mass is 327 g/mol. The first-order chi connectivity index (χ1) is 11.3. The minimum absolute atomic E-state index is 0.00474. The Bertz CT molecular complexity index is 741. The standard InChI is InChI=1S/C16H17N5OS/c22-14(17-9-4-8-13-6-2-1-3-7-13)12-23-16-19-15-18-10-5-11-21(15)20-16/h1-3,5-7,10-11H,4,8-9,12H2,(H,17,22). The summed E-state index contributed by atoms with van der Waals surface area (Å²) in [6, 6.07) is 12.0. The molecule has 0 radical (unpaired) electrons. The van der Waals surface area contributed by atoms with Crippen molar-refractivity contribution in [1.82, 2.24) is 24.9 Å². The fourth-order valence-corrected chi connectivity index (χ4v) is 2.78. The number of benzene rings is 1. The maximum Gasteiger partial charge on any atom is 0.253 e. The van der Waals surface area contributed by atoms with Gasteiger partial charge in [-0.25, -0.2) is 9.50 Å². The number of hydrogen-bond acceptors (Lipinski definition) is 5. The zero-order valence-electron chi connectivity index (χ0n) is 12.6. The highest BCUT2D eigenvalue weighted by atomic mass is 32.2. The van der Waals surface area contributed by atoms with Crippen LogP contribution in [0.4, 0.5) is 0 Å². The van der Waals surface area contributed by atoms with E-state index >= 15 is 0 Å². The molecule has 23 heavy (non-hydrogen) atoms. The summed E-state index contributed by atoms with van der Waals surface area (Å²) in [5.74, 6) is 0.843. The molecule has 0 saturated carbocycles. The lowest BCUT2D eigenvalue weighted by molar-refractivity contribution is -0.118. The maximum absolute atomic E-state index is 11.8. The molecule has 1 aromatic carbocycles. The highest BCUT2D eigenvalue weighted by molar-refractivity contribution is 7.99. The normalized spacial score (nSPS) is 10.8. The summed E-state index contributed by atoms with van der Waals surface area (Å²) in [5, 5.41) is 7.72. The first-order valence-corrected chi connectivity index (χ1v) is 8.40. The number of aromatic nitrogens is 4. The molecule has 0 spiro atoms. The van der Waals surface area contributed by atoms with E-state index in [-0.39, 0.29) is 5.91 Å². The molecule has 6 nitrogen and oxygen atoms in total. The van der Waals surface area contributed by atoms with Gasteiger partial charge in [0.15, 0.2) is 0 Å². The van der Waals surface area contributed by atoms with Gasteiger partial charge in [0.1, 0.15) is 0 Å². The summed E-state index contributed by atoms with van der Waals surface area (Å²) in [6.07, 6.45) is 5.34. The highest BCUT2D eigenvalue weighted by Crippen LogP contribution is 2.12. The molecule has 0 atom stereocenters. The molecule has 1 N–H and O–H groups in total. The lowest BCUT2D eigenvalue weighted by Crippen LogP contribution is -2.26. The fourth-order valence-electron chi connectivity index (χ4n) is 2.12. The Balaban J connectivity index is 1.38. The van der Waals surface area contributed by atoms with E-state index in [0.717, 1.165) is 12.8 Å². The van der Waals surface area contributed by atoms with E-state index in [4.69, 9.17) is 0 Å². The van der Waals surface area contributed by atoms with E-state index in [1.807, 2.05) is 18.2 Å². The lowest BCUT2D eigenvalue weighted by Gasteiger charge is -2.04. The second-order valence-corrected chi connectivity index (χ2v) is 5.93. The average Bonchev–Trinajstić information content (AvgIpc) is 3.01. The van der Waals surface area contributed by atoms with Crippen LogP contribution in [-0.2, 0) is 11.2 Å². The molecule has 118 valence electrons. The van der Waals surface area contributed by atoms with Crippen LogP contribution in [0.15, 0.2) is 53.9 Å². The third-order valence-corrected chi connectivity index (χ3v) is 4.07. The molecule has 0 saturated heterocycles. The van der Waals surface area contributed by atoms with Crippen LogP contribution in [0.3, 0.4) is 0 Å². The third kappa shape index (κ3) is 4.53. The van der Waals surface area contributed by atoms with Gasteiger partial charge in [0, 0.05) is 18.9 Å². The van der Waals surface area contributed by atoms with Crippen molar-refractivity contribution in [3.05, 3.63) is 54.4 Å². The van der Waals surface area contributed by atoms with Crippen molar-refractivity contribution in [2.24, 2.45) is 0 Å². The highest BCUT2D eigenvalue weighted by Gasteiger charge is 2.07. The molecule has 2 heterocycles. The summed E-state index contributed by atoms with van der Waals surface area (Å²) >= 11 is 1.31. The average molecular weight is 327 g/mol. The van der Waals surface area contributed by atoms with Crippen molar-refractivity contribution >= 4 is 23.4 Å². The van der Waals surface area contributed by atoms with Gasteiger partial charge in [0.05, 0.1) is 5.75 Å². The van der Waals surface area contributed by atoms with Crippen LogP contribution in [0.5, 0.6) is 0 Å². The van der Waals surface area contributed by atoms with Crippen molar-refractivity contribution in [2.45, 2.75) is 18.0 Å². The third-order valence-electron chi connectivity index (χ3n) is 3.24.